The van der Waals surface area contributed by atoms with Crippen molar-refractivity contribution >= 4 is 128 Å². The average Bonchev–Trinajstić information content (AvgIpc) is 3.82. The van der Waals surface area contributed by atoms with Gasteiger partial charge in [-0.2, -0.15) is 0 Å². The molecule has 0 fully saturated rings. The molecular weight excluding hydrogens is 595 g/mol. The monoisotopic (exact) mass is 613 g/mol. The summed E-state index contributed by atoms with van der Waals surface area (Å²) < 4.78 is 10.7. The molecule has 0 aliphatic rings. The van der Waals surface area contributed by atoms with Crippen LogP contribution >= 0.6 is 56.7 Å². The van der Waals surface area contributed by atoms with Crippen LogP contribution in [-0.4, -0.2) is 4.57 Å². The first kappa shape index (κ1) is 23.1. The fourth-order valence-corrected chi connectivity index (χ4v) is 12.0. The fraction of sp³-hybridized carbons (Fsp3) is 0.0286. The first-order valence-electron chi connectivity index (χ1n) is 13.4. The van der Waals surface area contributed by atoms with E-state index in [2.05, 4.69) is 107 Å². The van der Waals surface area contributed by atoms with E-state index in [9.17, 15) is 0 Å². The van der Waals surface area contributed by atoms with Gasteiger partial charge in [0.15, 0.2) is 0 Å². The van der Waals surface area contributed by atoms with Gasteiger partial charge in [0.05, 0.1) is 5.52 Å². The Morgan fingerprint density at radius 2 is 1.02 bits per heavy atom. The van der Waals surface area contributed by atoms with Crippen LogP contribution in [0.2, 0.25) is 0 Å². The molecular formula is C35H19NS5. The Kier molecular flexibility index (Phi) is 4.66. The summed E-state index contributed by atoms with van der Waals surface area (Å²) >= 11 is 9.37. The zero-order valence-corrected chi connectivity index (χ0v) is 25.8. The molecule has 0 spiro atoms. The number of benzene rings is 4. The summed E-state index contributed by atoms with van der Waals surface area (Å²) in [4.78, 5) is 2.70. The molecule has 0 unspecified atom stereocenters. The SMILES string of the molecule is Cn1c2cc(-c3cc4sccc4s3)ccc2c2ccc3c(ccc4c5ccc(-c6cc7sccc7s6)cc5sc43)c21. The maximum atomic E-state index is 2.41. The van der Waals surface area contributed by atoms with Crippen LogP contribution in [0.1, 0.15) is 0 Å². The molecule has 0 atom stereocenters. The lowest BCUT2D eigenvalue weighted by molar-refractivity contribution is 1.02. The quantitative estimate of drug-likeness (QED) is 0.183. The predicted molar refractivity (Wildman–Crippen MR) is 188 cm³/mol. The van der Waals surface area contributed by atoms with Crippen molar-refractivity contribution in [3.63, 3.8) is 0 Å². The summed E-state index contributed by atoms with van der Waals surface area (Å²) in [5, 5.41) is 12.4. The molecule has 0 radical (unpaired) electrons. The molecule has 0 amide bonds. The van der Waals surface area contributed by atoms with Gasteiger partial charge in [0.25, 0.3) is 0 Å². The van der Waals surface area contributed by atoms with E-state index < -0.39 is 0 Å². The maximum Gasteiger partial charge on any atom is 0.0568 e. The minimum atomic E-state index is 1.29. The highest BCUT2D eigenvalue weighted by molar-refractivity contribution is 7.29. The van der Waals surface area contributed by atoms with Gasteiger partial charge >= 0.3 is 0 Å². The van der Waals surface area contributed by atoms with E-state index >= 15 is 0 Å². The largest absolute Gasteiger partial charge is 0.343 e. The van der Waals surface area contributed by atoms with Crippen LogP contribution < -0.4 is 0 Å². The summed E-state index contributed by atoms with van der Waals surface area (Å²) in [6.07, 6.45) is 0. The van der Waals surface area contributed by atoms with Crippen molar-refractivity contribution in [2.75, 3.05) is 0 Å². The Labute approximate surface area is 254 Å². The van der Waals surface area contributed by atoms with Crippen molar-refractivity contribution in [3.05, 3.63) is 95.7 Å². The molecule has 0 saturated heterocycles. The second kappa shape index (κ2) is 8.28. The summed E-state index contributed by atoms with van der Waals surface area (Å²) in [6.45, 7) is 0. The highest BCUT2D eigenvalue weighted by Crippen LogP contribution is 2.45. The average molecular weight is 614 g/mol. The molecule has 6 aromatic heterocycles. The second-order valence-corrected chi connectivity index (χ2v) is 15.7. The minimum absolute atomic E-state index is 1.29. The Balaban J connectivity index is 1.17. The van der Waals surface area contributed by atoms with Crippen molar-refractivity contribution in [3.8, 4) is 20.9 Å². The highest BCUT2D eigenvalue weighted by atomic mass is 32.1. The minimum Gasteiger partial charge on any atom is -0.343 e. The van der Waals surface area contributed by atoms with Gasteiger partial charge in [0, 0.05) is 82.8 Å². The van der Waals surface area contributed by atoms with Gasteiger partial charge in [-0.1, -0.05) is 48.5 Å². The molecule has 10 aromatic rings. The zero-order valence-electron chi connectivity index (χ0n) is 21.7. The molecule has 10 rings (SSSR count). The Morgan fingerprint density at radius 1 is 0.463 bits per heavy atom. The summed E-state index contributed by atoms with van der Waals surface area (Å²) in [5.74, 6) is 0. The first-order chi connectivity index (χ1) is 20.2. The van der Waals surface area contributed by atoms with Crippen molar-refractivity contribution in [1.82, 2.24) is 4.57 Å². The zero-order chi connectivity index (χ0) is 26.8. The molecule has 0 aliphatic heterocycles. The molecule has 6 heterocycles. The summed E-state index contributed by atoms with van der Waals surface area (Å²) in [7, 11) is 2.23. The molecule has 0 N–H and O–H groups in total. The van der Waals surface area contributed by atoms with Crippen molar-refractivity contribution in [2.45, 2.75) is 0 Å². The number of fused-ring (bicyclic) bond motifs is 11. The Bertz CT molecular complexity index is 2610. The highest BCUT2D eigenvalue weighted by Gasteiger charge is 2.17. The van der Waals surface area contributed by atoms with Crippen LogP contribution in [0.5, 0.6) is 0 Å². The van der Waals surface area contributed by atoms with Crippen molar-refractivity contribution < 1.29 is 0 Å². The molecule has 0 bridgehead atoms. The van der Waals surface area contributed by atoms with Gasteiger partial charge in [-0.25, -0.2) is 0 Å². The van der Waals surface area contributed by atoms with Gasteiger partial charge in [-0.05, 0) is 58.3 Å². The van der Waals surface area contributed by atoms with E-state index in [-0.39, 0.29) is 0 Å². The van der Waals surface area contributed by atoms with Crippen LogP contribution in [0.4, 0.5) is 0 Å². The molecule has 6 heteroatoms. The van der Waals surface area contributed by atoms with Crippen molar-refractivity contribution in [2.24, 2.45) is 7.05 Å². The smallest absolute Gasteiger partial charge is 0.0568 e. The standard InChI is InChI=1S/C35H19NS5/c1-36-26-14-18(29-16-32-27(39-29)10-12-37-32)2-4-20(26)22-6-9-25-23(34(22)36)7-8-24-21-5-3-19(15-31(21)41-35(24)25)30-17-33-28(40-30)11-13-38-33/h2-17H,1H3. The van der Waals surface area contributed by atoms with E-state index in [1.165, 1.54) is 92.4 Å². The van der Waals surface area contributed by atoms with Crippen LogP contribution in [0.15, 0.2) is 95.7 Å². The maximum absolute atomic E-state index is 2.41. The van der Waals surface area contributed by atoms with Gasteiger partial charge < -0.3 is 4.57 Å². The molecule has 1 nitrogen and oxygen atoms in total. The van der Waals surface area contributed by atoms with Gasteiger partial charge in [0.1, 0.15) is 0 Å². The van der Waals surface area contributed by atoms with Gasteiger partial charge in [-0.15, -0.1) is 56.7 Å². The number of thiophene rings is 5. The van der Waals surface area contributed by atoms with Gasteiger partial charge in [0.2, 0.25) is 0 Å². The number of rotatable bonds is 2. The lowest BCUT2D eigenvalue weighted by Gasteiger charge is -2.05. The number of aromatic nitrogens is 1. The summed E-state index contributed by atoms with van der Waals surface area (Å²) in [6, 6.07) is 32.6. The number of hydrogen-bond acceptors (Lipinski definition) is 5. The third-order valence-corrected chi connectivity index (χ3v) is 13.9. The second-order valence-electron chi connectivity index (χ2n) is 10.6. The summed E-state index contributed by atoms with van der Waals surface area (Å²) in [5.41, 5.74) is 5.23. The first-order valence-corrected chi connectivity index (χ1v) is 17.7. The van der Waals surface area contributed by atoms with Crippen LogP contribution in [0.25, 0.3) is 92.4 Å². The van der Waals surface area contributed by atoms with E-state index in [0.29, 0.717) is 0 Å². The topological polar surface area (TPSA) is 4.93 Å². The molecule has 41 heavy (non-hydrogen) atoms. The lowest BCUT2D eigenvalue weighted by atomic mass is 10.0. The number of nitrogens with zero attached hydrogens (tertiary/aromatic N) is 1. The van der Waals surface area contributed by atoms with Crippen LogP contribution in [0.3, 0.4) is 0 Å². The van der Waals surface area contributed by atoms with Crippen LogP contribution in [0, 0.1) is 0 Å². The molecule has 4 aromatic carbocycles. The third-order valence-electron chi connectivity index (χ3n) is 8.44. The van der Waals surface area contributed by atoms with E-state index in [1.54, 1.807) is 0 Å². The Morgan fingerprint density at radius 3 is 1.71 bits per heavy atom. The third kappa shape index (κ3) is 3.20. The van der Waals surface area contributed by atoms with Gasteiger partial charge in [-0.3, -0.25) is 0 Å². The van der Waals surface area contributed by atoms with Crippen molar-refractivity contribution in [1.29, 1.82) is 0 Å². The number of hydrogen-bond donors (Lipinski definition) is 0. The molecule has 0 aliphatic carbocycles. The molecule has 194 valence electrons. The predicted octanol–water partition coefficient (Wildman–Crippen LogP) is 12.7. The van der Waals surface area contributed by atoms with E-state index in [4.69, 9.17) is 0 Å². The normalized spacial score (nSPS) is 12.5. The van der Waals surface area contributed by atoms with E-state index in [1.807, 2.05) is 56.7 Å². The Hall–Kier alpha value is -3.52. The lowest BCUT2D eigenvalue weighted by Crippen LogP contribution is -1.88. The van der Waals surface area contributed by atoms with E-state index in [0.717, 1.165) is 0 Å². The fourth-order valence-electron chi connectivity index (χ4n) is 6.48. The van der Waals surface area contributed by atoms with Crippen LogP contribution in [-0.2, 0) is 7.05 Å². The molecule has 0 saturated carbocycles. The number of aryl methyl sites for hydroxylation is 1.